The van der Waals surface area contributed by atoms with E-state index in [1.54, 1.807) is 19.2 Å². The number of hydrogen-bond acceptors (Lipinski definition) is 7. The standard InChI is InChI=1S/C21H18ClN5O4/c1-12-8-18(28)23-17-6-7-26(21(29)27(12)17)10-19-24-20(25-31-19)14-9-16(30-11-14)13-2-4-15(22)5-3-13/h2-8,14,16H,9-11H2,1H3/t14-,16+/m0/s1. The molecule has 0 radical (unpaired) electrons. The number of aryl methyl sites for hydroxylation is 1. The van der Waals surface area contributed by atoms with Crippen LogP contribution in [-0.4, -0.2) is 30.7 Å². The molecular formula is C21H18ClN5O4. The molecule has 2 atom stereocenters. The lowest BCUT2D eigenvalue weighted by atomic mass is 10.0. The predicted octanol–water partition coefficient (Wildman–Crippen LogP) is 2.49. The van der Waals surface area contributed by atoms with Crippen LogP contribution in [0.2, 0.25) is 5.02 Å². The molecule has 9 nitrogen and oxygen atoms in total. The van der Waals surface area contributed by atoms with E-state index in [9.17, 15) is 9.59 Å². The first kappa shape index (κ1) is 19.7. The molecule has 0 saturated carbocycles. The first-order valence-corrected chi connectivity index (χ1v) is 10.1. The van der Waals surface area contributed by atoms with Crippen LogP contribution in [-0.2, 0) is 11.3 Å². The van der Waals surface area contributed by atoms with Gasteiger partial charge in [-0.15, -0.1) is 0 Å². The van der Waals surface area contributed by atoms with Gasteiger partial charge >= 0.3 is 5.69 Å². The number of ether oxygens (including phenoxy) is 1. The molecule has 0 bridgehead atoms. The molecule has 31 heavy (non-hydrogen) atoms. The molecule has 1 aromatic carbocycles. The molecule has 1 aliphatic rings. The highest BCUT2D eigenvalue weighted by atomic mass is 35.5. The second-order valence-corrected chi connectivity index (χ2v) is 7.94. The zero-order chi connectivity index (χ0) is 21.5. The van der Waals surface area contributed by atoms with Crippen molar-refractivity contribution >= 4 is 17.2 Å². The summed E-state index contributed by atoms with van der Waals surface area (Å²) in [6.07, 6.45) is 2.24. The monoisotopic (exact) mass is 439 g/mol. The fourth-order valence-electron chi connectivity index (χ4n) is 3.81. The quantitative estimate of drug-likeness (QED) is 0.481. The molecule has 5 rings (SSSR count). The van der Waals surface area contributed by atoms with E-state index in [0.717, 1.165) is 12.0 Å². The maximum atomic E-state index is 12.8. The summed E-state index contributed by atoms with van der Waals surface area (Å²) < 4.78 is 14.1. The summed E-state index contributed by atoms with van der Waals surface area (Å²) >= 11 is 5.95. The minimum atomic E-state index is -0.383. The molecule has 0 N–H and O–H groups in total. The number of fused-ring (bicyclic) bond motifs is 1. The summed E-state index contributed by atoms with van der Waals surface area (Å²) in [6, 6.07) is 10.5. The average molecular weight is 440 g/mol. The van der Waals surface area contributed by atoms with Crippen LogP contribution in [0.3, 0.4) is 0 Å². The fourth-order valence-corrected chi connectivity index (χ4v) is 3.94. The van der Waals surface area contributed by atoms with Crippen molar-refractivity contribution in [3.8, 4) is 0 Å². The third kappa shape index (κ3) is 3.77. The topological polar surface area (TPSA) is 105 Å². The van der Waals surface area contributed by atoms with E-state index in [-0.39, 0.29) is 29.8 Å². The highest BCUT2D eigenvalue weighted by Crippen LogP contribution is 2.37. The molecule has 0 aliphatic carbocycles. The van der Waals surface area contributed by atoms with Gasteiger partial charge in [-0.25, -0.2) is 9.20 Å². The summed E-state index contributed by atoms with van der Waals surface area (Å²) in [6.45, 7) is 2.28. The zero-order valence-electron chi connectivity index (χ0n) is 16.6. The minimum absolute atomic E-state index is 0.00259. The Morgan fingerprint density at radius 1 is 1.16 bits per heavy atom. The summed E-state index contributed by atoms with van der Waals surface area (Å²) in [5.41, 5.74) is 1.15. The molecule has 0 unspecified atom stereocenters. The highest BCUT2D eigenvalue weighted by molar-refractivity contribution is 6.30. The Kier molecular flexibility index (Phi) is 4.91. The summed E-state index contributed by atoms with van der Waals surface area (Å²) in [4.78, 5) is 32.7. The van der Waals surface area contributed by atoms with Crippen molar-refractivity contribution in [3.63, 3.8) is 0 Å². The zero-order valence-corrected chi connectivity index (χ0v) is 17.3. The van der Waals surface area contributed by atoms with Gasteiger partial charge in [-0.3, -0.25) is 9.36 Å². The van der Waals surface area contributed by atoms with Gasteiger partial charge in [-0.05, 0) is 37.1 Å². The average Bonchev–Trinajstić information content (AvgIpc) is 3.40. The highest BCUT2D eigenvalue weighted by Gasteiger charge is 2.31. The largest absolute Gasteiger partial charge is 0.373 e. The smallest absolute Gasteiger partial charge is 0.334 e. The Bertz CT molecular complexity index is 1380. The number of aromatic nitrogens is 5. The van der Waals surface area contributed by atoms with Crippen LogP contribution in [0.4, 0.5) is 0 Å². The van der Waals surface area contributed by atoms with Gasteiger partial charge in [-0.2, -0.15) is 9.97 Å². The van der Waals surface area contributed by atoms with Crippen LogP contribution in [0, 0.1) is 6.92 Å². The first-order chi connectivity index (χ1) is 15.0. The van der Waals surface area contributed by atoms with E-state index in [1.807, 2.05) is 24.3 Å². The van der Waals surface area contributed by atoms with E-state index in [1.165, 1.54) is 15.0 Å². The van der Waals surface area contributed by atoms with Crippen LogP contribution >= 0.6 is 11.6 Å². The lowest BCUT2D eigenvalue weighted by Crippen LogP contribution is -2.30. The van der Waals surface area contributed by atoms with Gasteiger partial charge < -0.3 is 9.26 Å². The third-order valence-electron chi connectivity index (χ3n) is 5.37. The molecule has 4 heterocycles. The van der Waals surface area contributed by atoms with E-state index >= 15 is 0 Å². The SMILES string of the molecule is Cc1cc(=O)nc2ccn(Cc3nc([C@@H]4CO[C@@H](c5ccc(Cl)cc5)C4)no3)c(=O)n12. The number of nitrogens with zero attached hydrogens (tertiary/aromatic N) is 5. The van der Waals surface area contributed by atoms with E-state index in [2.05, 4.69) is 15.1 Å². The maximum absolute atomic E-state index is 12.8. The van der Waals surface area contributed by atoms with Crippen LogP contribution in [0.1, 0.15) is 41.4 Å². The van der Waals surface area contributed by atoms with Crippen LogP contribution in [0.15, 0.2) is 56.7 Å². The Morgan fingerprint density at radius 2 is 1.97 bits per heavy atom. The van der Waals surface area contributed by atoms with E-state index in [0.29, 0.717) is 34.7 Å². The van der Waals surface area contributed by atoms with Crippen molar-refractivity contribution in [1.29, 1.82) is 0 Å². The summed E-state index contributed by atoms with van der Waals surface area (Å²) in [5, 5.41) is 4.78. The molecule has 0 amide bonds. The van der Waals surface area contributed by atoms with Crippen molar-refractivity contribution in [2.45, 2.75) is 31.9 Å². The van der Waals surface area contributed by atoms with Gasteiger partial charge in [0.1, 0.15) is 12.2 Å². The molecule has 10 heteroatoms. The molecule has 0 spiro atoms. The second kappa shape index (κ2) is 7.75. The number of benzene rings is 1. The van der Waals surface area contributed by atoms with Crippen molar-refractivity contribution < 1.29 is 9.26 Å². The Hall–Kier alpha value is -3.30. The van der Waals surface area contributed by atoms with Gasteiger partial charge in [0.05, 0.1) is 12.7 Å². The fraction of sp³-hybridized carbons (Fsp3) is 0.286. The first-order valence-electron chi connectivity index (χ1n) is 9.77. The third-order valence-corrected chi connectivity index (χ3v) is 5.62. The molecule has 1 saturated heterocycles. The van der Waals surface area contributed by atoms with Crippen molar-refractivity contribution in [2.75, 3.05) is 6.61 Å². The molecule has 3 aromatic heterocycles. The van der Waals surface area contributed by atoms with Gasteiger partial charge in [0.25, 0.3) is 5.56 Å². The van der Waals surface area contributed by atoms with Crippen LogP contribution < -0.4 is 11.2 Å². The summed E-state index contributed by atoms with van der Waals surface area (Å²) in [7, 11) is 0. The van der Waals surface area contributed by atoms with Crippen molar-refractivity contribution in [2.24, 2.45) is 0 Å². The van der Waals surface area contributed by atoms with Crippen molar-refractivity contribution in [3.05, 3.63) is 91.4 Å². The van der Waals surface area contributed by atoms with Gasteiger partial charge in [0.2, 0.25) is 5.89 Å². The van der Waals surface area contributed by atoms with E-state index in [4.69, 9.17) is 20.9 Å². The van der Waals surface area contributed by atoms with Gasteiger partial charge in [0.15, 0.2) is 5.82 Å². The maximum Gasteiger partial charge on any atom is 0.334 e. The van der Waals surface area contributed by atoms with Crippen LogP contribution in [0.25, 0.3) is 5.65 Å². The minimum Gasteiger partial charge on any atom is -0.373 e. The number of hydrogen-bond donors (Lipinski definition) is 0. The molecular weight excluding hydrogens is 422 g/mol. The number of rotatable bonds is 4. The Labute approximate surface area is 180 Å². The van der Waals surface area contributed by atoms with Gasteiger partial charge in [-0.1, -0.05) is 28.9 Å². The van der Waals surface area contributed by atoms with E-state index < -0.39 is 0 Å². The molecule has 1 aliphatic heterocycles. The van der Waals surface area contributed by atoms with Gasteiger partial charge in [0, 0.05) is 28.9 Å². The lowest BCUT2D eigenvalue weighted by Gasteiger charge is -2.09. The predicted molar refractivity (Wildman–Crippen MR) is 111 cm³/mol. The van der Waals surface area contributed by atoms with Crippen LogP contribution in [0.5, 0.6) is 0 Å². The molecule has 4 aromatic rings. The summed E-state index contributed by atoms with van der Waals surface area (Å²) in [5.74, 6) is 0.877. The second-order valence-electron chi connectivity index (χ2n) is 7.51. The Balaban J connectivity index is 1.35. The lowest BCUT2D eigenvalue weighted by molar-refractivity contribution is 0.110. The molecule has 158 valence electrons. The van der Waals surface area contributed by atoms with Crippen molar-refractivity contribution in [1.82, 2.24) is 24.1 Å². The number of halogens is 1. The normalized spacial score (nSPS) is 18.6. The molecule has 1 fully saturated rings. The Morgan fingerprint density at radius 3 is 2.77 bits per heavy atom.